The van der Waals surface area contributed by atoms with Crippen LogP contribution < -0.4 is 9.47 Å². The van der Waals surface area contributed by atoms with E-state index in [1.165, 1.54) is 19.2 Å². The zero-order valence-electron chi connectivity index (χ0n) is 19.0. The second-order valence-electron chi connectivity index (χ2n) is 9.19. The van der Waals surface area contributed by atoms with Crippen LogP contribution in [0, 0.1) is 21.4 Å². The molecule has 10 nitrogen and oxygen atoms in total. The van der Waals surface area contributed by atoms with Gasteiger partial charge >= 0.3 is 5.97 Å². The van der Waals surface area contributed by atoms with Crippen LogP contribution in [0.2, 0.25) is 0 Å². The Kier molecular flexibility index (Phi) is 5.96. The van der Waals surface area contributed by atoms with Crippen molar-refractivity contribution in [2.45, 2.75) is 39.5 Å². The fourth-order valence-corrected chi connectivity index (χ4v) is 4.76. The Morgan fingerprint density at radius 1 is 1.24 bits per heavy atom. The average Bonchev–Trinajstić information content (AvgIpc) is 3.18. The number of nitro benzene ring substituents is 1. The van der Waals surface area contributed by atoms with Gasteiger partial charge in [0, 0.05) is 42.0 Å². The first kappa shape index (κ1) is 22.9. The molecular formula is C23H26N2O8. The highest BCUT2D eigenvalue weighted by molar-refractivity contribution is 6.09. The van der Waals surface area contributed by atoms with E-state index in [1.54, 1.807) is 6.92 Å². The predicted octanol–water partition coefficient (Wildman–Crippen LogP) is 3.33. The summed E-state index contributed by atoms with van der Waals surface area (Å²) in [6, 6.07) is 2.78. The maximum atomic E-state index is 13.4. The number of allylic oxidation sites excluding steroid dienone is 2. The van der Waals surface area contributed by atoms with E-state index < -0.39 is 22.7 Å². The van der Waals surface area contributed by atoms with Crippen LogP contribution in [-0.2, 0) is 19.1 Å². The van der Waals surface area contributed by atoms with E-state index in [4.69, 9.17) is 18.9 Å². The van der Waals surface area contributed by atoms with Crippen molar-refractivity contribution < 1.29 is 33.5 Å². The lowest BCUT2D eigenvalue weighted by atomic mass is 9.66. The third-order valence-corrected chi connectivity index (χ3v) is 6.14. The summed E-state index contributed by atoms with van der Waals surface area (Å²) >= 11 is 0. The Bertz CT molecular complexity index is 1090. The Hall–Kier alpha value is -3.27. The molecule has 1 aromatic rings. The van der Waals surface area contributed by atoms with E-state index >= 15 is 0 Å². The molecule has 4 rings (SSSR count). The van der Waals surface area contributed by atoms with Gasteiger partial charge in [-0.05, 0) is 24.8 Å². The number of methoxy groups -OCH3 is 1. The molecule has 2 aliphatic heterocycles. The highest BCUT2D eigenvalue weighted by Crippen LogP contribution is 2.51. The number of hydrogen-bond donors (Lipinski definition) is 0. The zero-order valence-corrected chi connectivity index (χ0v) is 19.0. The molecule has 0 bridgehead atoms. The van der Waals surface area contributed by atoms with E-state index in [-0.39, 0.29) is 54.6 Å². The number of carbonyl (C=O) groups is 2. The van der Waals surface area contributed by atoms with Gasteiger partial charge in [-0.3, -0.25) is 24.7 Å². The van der Waals surface area contributed by atoms with Crippen LogP contribution in [0.1, 0.15) is 45.1 Å². The summed E-state index contributed by atoms with van der Waals surface area (Å²) in [6.45, 7) is 5.78. The number of ketones is 1. The Labute approximate surface area is 190 Å². The molecule has 1 aliphatic carbocycles. The fourth-order valence-electron chi connectivity index (χ4n) is 4.76. The molecule has 2 atom stereocenters. The standard InChI is InChI=1S/C23H26N2O8/c1-12-19(22(27)31-6-5-30-4)20(21-14(24-12)9-23(2,3)10-16(21)26)13-7-17-18(33-11-32-17)8-15(13)25(28)29/h7-8,19-20H,5-6,9-11H2,1-4H3/t19?,20-/m0/s1. The van der Waals surface area contributed by atoms with E-state index in [1.807, 2.05) is 13.8 Å². The molecule has 0 amide bonds. The number of aliphatic imine (C=N–C) groups is 1. The van der Waals surface area contributed by atoms with E-state index in [9.17, 15) is 19.7 Å². The third-order valence-electron chi connectivity index (χ3n) is 6.14. The van der Waals surface area contributed by atoms with E-state index in [0.717, 1.165) is 0 Å². The molecule has 0 N–H and O–H groups in total. The molecule has 3 aliphatic rings. The topological polar surface area (TPSA) is 127 Å². The molecular weight excluding hydrogens is 432 g/mol. The van der Waals surface area contributed by atoms with Crippen molar-refractivity contribution in [2.24, 2.45) is 16.3 Å². The Morgan fingerprint density at radius 2 is 1.94 bits per heavy atom. The van der Waals surface area contributed by atoms with Crippen LogP contribution in [0.5, 0.6) is 11.5 Å². The van der Waals surface area contributed by atoms with E-state index in [0.29, 0.717) is 29.2 Å². The normalized spacial score (nSPS) is 23.2. The van der Waals surface area contributed by atoms with Gasteiger partial charge in [0.05, 0.1) is 17.6 Å². The summed E-state index contributed by atoms with van der Waals surface area (Å²) in [5.41, 5.74) is 0.975. The molecule has 0 saturated carbocycles. The molecule has 0 fully saturated rings. The first-order valence-corrected chi connectivity index (χ1v) is 10.7. The second-order valence-corrected chi connectivity index (χ2v) is 9.19. The molecule has 176 valence electrons. The van der Waals surface area contributed by atoms with Gasteiger partial charge in [-0.25, -0.2) is 0 Å². The number of hydrogen-bond acceptors (Lipinski definition) is 9. The molecule has 0 spiro atoms. The van der Waals surface area contributed by atoms with Gasteiger partial charge in [0.1, 0.15) is 12.5 Å². The minimum absolute atomic E-state index is 0.0158. The van der Waals surface area contributed by atoms with Crippen molar-refractivity contribution >= 4 is 23.2 Å². The Morgan fingerprint density at radius 3 is 2.61 bits per heavy atom. The van der Waals surface area contributed by atoms with Crippen molar-refractivity contribution in [3.63, 3.8) is 0 Å². The molecule has 33 heavy (non-hydrogen) atoms. The molecule has 10 heteroatoms. The lowest BCUT2D eigenvalue weighted by molar-refractivity contribution is -0.385. The van der Waals surface area contributed by atoms with Gasteiger partial charge in [0.25, 0.3) is 5.69 Å². The lowest BCUT2D eigenvalue weighted by Gasteiger charge is -2.38. The SMILES string of the molecule is COCCOC(=O)C1C(C)=NC2=C(C(=O)CC(C)(C)C2)[C@H]1c1cc2c(cc1[N+](=O)[O-])OCO2. The van der Waals surface area contributed by atoms with Crippen LogP contribution in [0.3, 0.4) is 0 Å². The van der Waals surface area contributed by atoms with Crippen molar-refractivity contribution in [1.82, 2.24) is 0 Å². The quantitative estimate of drug-likeness (QED) is 0.275. The smallest absolute Gasteiger partial charge is 0.315 e. The van der Waals surface area contributed by atoms with E-state index in [2.05, 4.69) is 4.99 Å². The number of Topliss-reactive ketones (excluding diaryl/α,β-unsaturated/α-hetero) is 1. The van der Waals surface area contributed by atoms with Crippen molar-refractivity contribution in [3.8, 4) is 11.5 Å². The molecule has 0 radical (unpaired) electrons. The maximum absolute atomic E-state index is 13.4. The number of esters is 1. The van der Waals surface area contributed by atoms with Crippen molar-refractivity contribution in [2.75, 3.05) is 27.1 Å². The summed E-state index contributed by atoms with van der Waals surface area (Å²) in [7, 11) is 1.49. The first-order valence-electron chi connectivity index (χ1n) is 10.7. The average molecular weight is 458 g/mol. The first-order chi connectivity index (χ1) is 15.6. The second kappa shape index (κ2) is 8.58. The zero-order chi connectivity index (χ0) is 23.9. The predicted molar refractivity (Wildman–Crippen MR) is 116 cm³/mol. The number of benzene rings is 1. The van der Waals surface area contributed by atoms with Crippen molar-refractivity contribution in [3.05, 3.63) is 39.1 Å². The number of ether oxygens (including phenoxy) is 4. The number of fused-ring (bicyclic) bond motifs is 1. The van der Waals surface area contributed by atoms with Gasteiger partial charge in [0.2, 0.25) is 6.79 Å². The highest BCUT2D eigenvalue weighted by atomic mass is 16.7. The van der Waals surface area contributed by atoms with Gasteiger partial charge < -0.3 is 18.9 Å². The Balaban J connectivity index is 1.90. The van der Waals surface area contributed by atoms with Gasteiger partial charge in [-0.2, -0.15) is 0 Å². The highest BCUT2D eigenvalue weighted by Gasteiger charge is 2.48. The van der Waals surface area contributed by atoms with Crippen LogP contribution in [0.15, 0.2) is 28.4 Å². The van der Waals surface area contributed by atoms with Crippen LogP contribution >= 0.6 is 0 Å². The van der Waals surface area contributed by atoms with Crippen LogP contribution in [0.25, 0.3) is 0 Å². The molecule has 1 unspecified atom stereocenters. The summed E-state index contributed by atoms with van der Waals surface area (Å²) in [5, 5.41) is 12.0. The lowest BCUT2D eigenvalue weighted by Crippen LogP contribution is -2.40. The molecule has 0 saturated heterocycles. The molecule has 2 heterocycles. The summed E-state index contributed by atoms with van der Waals surface area (Å²) in [5.74, 6) is -2.14. The number of rotatable bonds is 6. The summed E-state index contributed by atoms with van der Waals surface area (Å²) in [6.07, 6.45) is 0.770. The summed E-state index contributed by atoms with van der Waals surface area (Å²) < 4.78 is 21.1. The van der Waals surface area contributed by atoms with Crippen molar-refractivity contribution in [1.29, 1.82) is 0 Å². The third kappa shape index (κ3) is 4.22. The molecule has 1 aromatic carbocycles. The summed E-state index contributed by atoms with van der Waals surface area (Å²) in [4.78, 5) is 42.6. The minimum Gasteiger partial charge on any atom is -0.463 e. The van der Waals surface area contributed by atoms with Gasteiger partial charge in [-0.15, -0.1) is 0 Å². The maximum Gasteiger partial charge on any atom is 0.315 e. The van der Waals surface area contributed by atoms with Gasteiger partial charge in [0.15, 0.2) is 17.3 Å². The largest absolute Gasteiger partial charge is 0.463 e. The minimum atomic E-state index is -0.996. The van der Waals surface area contributed by atoms with Gasteiger partial charge in [-0.1, -0.05) is 13.8 Å². The van der Waals surface area contributed by atoms with Crippen LogP contribution in [0.4, 0.5) is 5.69 Å². The fraction of sp³-hybridized carbons (Fsp3) is 0.522. The monoisotopic (exact) mass is 458 g/mol. The number of nitrogens with zero attached hydrogens (tertiary/aromatic N) is 2. The number of nitro groups is 1. The molecule has 0 aromatic heterocycles. The van der Waals surface area contributed by atoms with Crippen LogP contribution in [-0.4, -0.2) is 49.5 Å². The number of carbonyl (C=O) groups excluding carboxylic acids is 2.